The van der Waals surface area contributed by atoms with Crippen LogP contribution in [0.5, 0.6) is 0 Å². The van der Waals surface area contributed by atoms with Crippen molar-refractivity contribution in [1.82, 2.24) is 15.0 Å². The normalized spacial score (nSPS) is 10.9. The van der Waals surface area contributed by atoms with E-state index in [2.05, 4.69) is 34.1 Å². The summed E-state index contributed by atoms with van der Waals surface area (Å²) in [4.78, 5) is 13.5. The first-order valence-electron chi connectivity index (χ1n) is 7.36. The van der Waals surface area contributed by atoms with Gasteiger partial charge in [0, 0.05) is 19.0 Å². The van der Waals surface area contributed by atoms with E-state index in [1.807, 2.05) is 19.9 Å². The first-order chi connectivity index (χ1) is 10.1. The quantitative estimate of drug-likeness (QED) is 0.780. The Kier molecular flexibility index (Phi) is 5.61. The standard InChI is InChI=1S/C15H22N4OS/c1-5-7-12-18-13(16-8-6-2)9-14(19-12)21-15-17-10(3)11(4)20-15/h9H,5-8H2,1-4H3,(H,16,18,19). The van der Waals surface area contributed by atoms with E-state index in [0.717, 1.165) is 53.9 Å². The molecule has 0 radical (unpaired) electrons. The van der Waals surface area contributed by atoms with Crippen LogP contribution in [0.15, 0.2) is 20.7 Å². The molecule has 0 aliphatic carbocycles. The Hall–Kier alpha value is -1.56. The number of hydrogen-bond donors (Lipinski definition) is 1. The first kappa shape index (κ1) is 15.8. The van der Waals surface area contributed by atoms with Gasteiger partial charge in [-0.3, -0.25) is 0 Å². The Morgan fingerprint density at radius 2 is 1.95 bits per heavy atom. The fraction of sp³-hybridized carbons (Fsp3) is 0.533. The number of anilines is 1. The second-order valence-corrected chi connectivity index (χ2v) is 5.88. The average Bonchev–Trinajstić information content (AvgIpc) is 2.75. The van der Waals surface area contributed by atoms with Crippen molar-refractivity contribution in [2.75, 3.05) is 11.9 Å². The summed E-state index contributed by atoms with van der Waals surface area (Å²) in [5, 5.41) is 4.82. The van der Waals surface area contributed by atoms with Crippen molar-refractivity contribution in [3.8, 4) is 0 Å². The second kappa shape index (κ2) is 7.45. The molecule has 0 saturated carbocycles. The minimum atomic E-state index is 0.632. The number of rotatable bonds is 7. The lowest BCUT2D eigenvalue weighted by Crippen LogP contribution is -2.05. The smallest absolute Gasteiger partial charge is 0.262 e. The van der Waals surface area contributed by atoms with Crippen molar-refractivity contribution in [1.29, 1.82) is 0 Å². The van der Waals surface area contributed by atoms with Gasteiger partial charge in [0.15, 0.2) is 0 Å². The lowest BCUT2D eigenvalue weighted by molar-refractivity contribution is 0.431. The number of aryl methyl sites for hydroxylation is 3. The van der Waals surface area contributed by atoms with Gasteiger partial charge in [0.2, 0.25) is 0 Å². The van der Waals surface area contributed by atoms with Crippen LogP contribution in [0.1, 0.15) is 44.0 Å². The van der Waals surface area contributed by atoms with E-state index >= 15 is 0 Å². The summed E-state index contributed by atoms with van der Waals surface area (Å²) < 4.78 is 5.61. The molecule has 6 heteroatoms. The summed E-state index contributed by atoms with van der Waals surface area (Å²) in [7, 11) is 0. The van der Waals surface area contributed by atoms with E-state index in [1.165, 1.54) is 11.8 Å². The van der Waals surface area contributed by atoms with Crippen LogP contribution in [0.25, 0.3) is 0 Å². The molecule has 0 fully saturated rings. The molecular formula is C15H22N4OS. The maximum Gasteiger partial charge on any atom is 0.262 e. The van der Waals surface area contributed by atoms with Gasteiger partial charge in [0.1, 0.15) is 22.4 Å². The van der Waals surface area contributed by atoms with Gasteiger partial charge in [-0.1, -0.05) is 13.8 Å². The number of oxazole rings is 1. The van der Waals surface area contributed by atoms with Gasteiger partial charge in [0.25, 0.3) is 5.22 Å². The summed E-state index contributed by atoms with van der Waals surface area (Å²) in [6, 6.07) is 1.95. The van der Waals surface area contributed by atoms with Gasteiger partial charge in [0.05, 0.1) is 5.69 Å². The van der Waals surface area contributed by atoms with Gasteiger partial charge < -0.3 is 9.73 Å². The van der Waals surface area contributed by atoms with Gasteiger partial charge >= 0.3 is 0 Å². The summed E-state index contributed by atoms with van der Waals surface area (Å²) in [5.74, 6) is 2.59. The van der Waals surface area contributed by atoms with Crippen molar-refractivity contribution >= 4 is 17.6 Å². The Balaban J connectivity index is 2.21. The number of hydrogen-bond acceptors (Lipinski definition) is 6. The maximum atomic E-state index is 5.61. The lowest BCUT2D eigenvalue weighted by atomic mass is 10.3. The third-order valence-corrected chi connectivity index (χ3v) is 3.75. The van der Waals surface area contributed by atoms with Crippen LogP contribution in [0, 0.1) is 13.8 Å². The van der Waals surface area contributed by atoms with Crippen LogP contribution in [0.3, 0.4) is 0 Å². The van der Waals surface area contributed by atoms with Crippen molar-refractivity contribution in [2.24, 2.45) is 0 Å². The zero-order valence-electron chi connectivity index (χ0n) is 13.1. The molecule has 0 bridgehead atoms. The molecule has 114 valence electrons. The van der Waals surface area contributed by atoms with Gasteiger partial charge in [-0.15, -0.1) is 0 Å². The molecule has 0 saturated heterocycles. The highest BCUT2D eigenvalue weighted by molar-refractivity contribution is 7.99. The minimum absolute atomic E-state index is 0.632. The summed E-state index contributed by atoms with van der Waals surface area (Å²) in [5.41, 5.74) is 0.921. The highest BCUT2D eigenvalue weighted by atomic mass is 32.2. The van der Waals surface area contributed by atoms with E-state index in [9.17, 15) is 0 Å². The van der Waals surface area contributed by atoms with Crippen molar-refractivity contribution in [2.45, 2.75) is 57.2 Å². The summed E-state index contributed by atoms with van der Waals surface area (Å²) in [6.07, 6.45) is 2.96. The molecule has 0 aliphatic rings. The Bertz CT molecular complexity index is 578. The van der Waals surface area contributed by atoms with Gasteiger partial charge in [-0.25, -0.2) is 15.0 Å². The molecule has 2 aromatic heterocycles. The van der Waals surface area contributed by atoms with Crippen molar-refractivity contribution in [3.63, 3.8) is 0 Å². The fourth-order valence-corrected chi connectivity index (χ4v) is 2.63. The second-order valence-electron chi connectivity index (χ2n) is 4.91. The van der Waals surface area contributed by atoms with E-state index in [-0.39, 0.29) is 0 Å². The zero-order valence-corrected chi connectivity index (χ0v) is 13.9. The predicted molar refractivity (Wildman–Crippen MR) is 84.9 cm³/mol. The number of nitrogens with one attached hydrogen (secondary N) is 1. The lowest BCUT2D eigenvalue weighted by Gasteiger charge is -2.07. The molecule has 0 aromatic carbocycles. The third-order valence-electron chi connectivity index (χ3n) is 2.98. The Morgan fingerprint density at radius 1 is 1.14 bits per heavy atom. The van der Waals surface area contributed by atoms with E-state index in [4.69, 9.17) is 4.42 Å². The third kappa shape index (κ3) is 4.46. The number of nitrogens with zero attached hydrogens (tertiary/aromatic N) is 3. The van der Waals surface area contributed by atoms with E-state index < -0.39 is 0 Å². The molecule has 5 nitrogen and oxygen atoms in total. The van der Waals surface area contributed by atoms with Crippen LogP contribution in [0.2, 0.25) is 0 Å². The van der Waals surface area contributed by atoms with Crippen LogP contribution in [-0.4, -0.2) is 21.5 Å². The average molecular weight is 306 g/mol. The van der Waals surface area contributed by atoms with Crippen LogP contribution < -0.4 is 5.32 Å². The zero-order chi connectivity index (χ0) is 15.2. The largest absolute Gasteiger partial charge is 0.436 e. The van der Waals surface area contributed by atoms with Crippen molar-refractivity contribution < 1.29 is 4.42 Å². The Labute approximate surface area is 130 Å². The van der Waals surface area contributed by atoms with E-state index in [1.54, 1.807) is 0 Å². The monoisotopic (exact) mass is 306 g/mol. The van der Waals surface area contributed by atoms with Crippen LogP contribution in [0.4, 0.5) is 5.82 Å². The first-order valence-corrected chi connectivity index (χ1v) is 8.17. The van der Waals surface area contributed by atoms with Gasteiger partial charge in [-0.2, -0.15) is 0 Å². The summed E-state index contributed by atoms with van der Waals surface area (Å²) in [6.45, 7) is 9.03. The molecule has 0 unspecified atom stereocenters. The molecule has 0 spiro atoms. The highest BCUT2D eigenvalue weighted by Crippen LogP contribution is 2.28. The molecule has 0 atom stereocenters. The maximum absolute atomic E-state index is 5.61. The molecule has 21 heavy (non-hydrogen) atoms. The topological polar surface area (TPSA) is 63.8 Å². The minimum Gasteiger partial charge on any atom is -0.436 e. The van der Waals surface area contributed by atoms with Gasteiger partial charge in [-0.05, 0) is 38.5 Å². The molecular weight excluding hydrogens is 284 g/mol. The summed E-state index contributed by atoms with van der Waals surface area (Å²) >= 11 is 1.44. The molecule has 2 rings (SSSR count). The van der Waals surface area contributed by atoms with Crippen LogP contribution >= 0.6 is 11.8 Å². The molecule has 0 amide bonds. The molecule has 2 aromatic rings. The van der Waals surface area contributed by atoms with Crippen molar-refractivity contribution in [3.05, 3.63) is 23.3 Å². The predicted octanol–water partition coefficient (Wildman–Crippen LogP) is 4.01. The molecule has 0 aliphatic heterocycles. The molecule has 1 N–H and O–H groups in total. The van der Waals surface area contributed by atoms with E-state index in [0.29, 0.717) is 5.22 Å². The number of aromatic nitrogens is 3. The SMILES string of the molecule is CCCNc1cc(Sc2nc(C)c(C)o2)nc(CCC)n1. The Morgan fingerprint density at radius 3 is 2.57 bits per heavy atom. The van der Waals surface area contributed by atoms with Crippen LogP contribution in [-0.2, 0) is 6.42 Å². The fourth-order valence-electron chi connectivity index (χ4n) is 1.78. The molecule has 2 heterocycles. The highest BCUT2D eigenvalue weighted by Gasteiger charge is 2.11.